The SMILES string of the molecule is O=C(c1ccc(Cl)cc1)N1CCCc2cc(S(=O)(=O)Nc3ccc(Br)cc3)ccc21. The van der Waals surface area contributed by atoms with E-state index < -0.39 is 10.0 Å². The zero-order valence-corrected chi connectivity index (χ0v) is 19.0. The third kappa shape index (κ3) is 4.38. The normalized spacial score (nSPS) is 13.6. The first-order valence-corrected chi connectivity index (χ1v) is 12.0. The first kappa shape index (κ1) is 20.9. The molecule has 5 nitrogen and oxygen atoms in total. The number of carbonyl (C=O) groups is 1. The number of fused-ring (bicyclic) bond motifs is 1. The van der Waals surface area contributed by atoms with Gasteiger partial charge in [-0.1, -0.05) is 27.5 Å². The van der Waals surface area contributed by atoms with Gasteiger partial charge < -0.3 is 4.90 Å². The number of nitrogens with one attached hydrogen (secondary N) is 1. The summed E-state index contributed by atoms with van der Waals surface area (Å²) >= 11 is 9.25. The van der Waals surface area contributed by atoms with Crippen molar-refractivity contribution in [3.05, 3.63) is 87.4 Å². The highest BCUT2D eigenvalue weighted by Gasteiger charge is 2.25. The van der Waals surface area contributed by atoms with E-state index in [1.54, 1.807) is 65.6 Å². The number of hydrogen-bond acceptors (Lipinski definition) is 3. The van der Waals surface area contributed by atoms with Crippen LogP contribution in [0, 0.1) is 0 Å². The van der Waals surface area contributed by atoms with Crippen LogP contribution in [-0.2, 0) is 16.4 Å². The number of rotatable bonds is 4. The molecule has 154 valence electrons. The van der Waals surface area contributed by atoms with E-state index in [9.17, 15) is 13.2 Å². The Morgan fingerprint density at radius 1 is 1.00 bits per heavy atom. The molecule has 0 unspecified atom stereocenters. The molecule has 4 rings (SSSR count). The smallest absolute Gasteiger partial charge is 0.261 e. The van der Waals surface area contributed by atoms with E-state index >= 15 is 0 Å². The van der Waals surface area contributed by atoms with Crippen LogP contribution in [-0.4, -0.2) is 20.9 Å². The maximum atomic E-state index is 13.0. The Balaban J connectivity index is 1.62. The second-order valence-electron chi connectivity index (χ2n) is 6.97. The van der Waals surface area contributed by atoms with Crippen LogP contribution in [0.5, 0.6) is 0 Å². The highest BCUT2D eigenvalue weighted by Crippen LogP contribution is 2.31. The number of halogens is 2. The number of hydrogen-bond donors (Lipinski definition) is 1. The van der Waals surface area contributed by atoms with Crippen molar-refractivity contribution in [1.82, 2.24) is 0 Å². The molecular weight excluding hydrogens is 488 g/mol. The third-order valence-corrected chi connectivity index (χ3v) is 7.07. The van der Waals surface area contributed by atoms with E-state index in [2.05, 4.69) is 20.7 Å². The predicted molar refractivity (Wildman–Crippen MR) is 123 cm³/mol. The van der Waals surface area contributed by atoms with Gasteiger partial charge in [-0.25, -0.2) is 8.42 Å². The van der Waals surface area contributed by atoms with Crippen molar-refractivity contribution in [3.8, 4) is 0 Å². The van der Waals surface area contributed by atoms with E-state index in [-0.39, 0.29) is 10.8 Å². The molecule has 0 atom stereocenters. The molecule has 0 bridgehead atoms. The second-order valence-corrected chi connectivity index (χ2v) is 10.0. The monoisotopic (exact) mass is 504 g/mol. The average molecular weight is 506 g/mol. The topological polar surface area (TPSA) is 66.5 Å². The Kier molecular flexibility index (Phi) is 5.86. The van der Waals surface area contributed by atoms with Crippen LogP contribution in [0.25, 0.3) is 0 Å². The van der Waals surface area contributed by atoms with E-state index in [0.717, 1.165) is 22.1 Å². The number of sulfonamides is 1. The summed E-state index contributed by atoms with van der Waals surface area (Å²) in [6.45, 7) is 0.581. The molecule has 0 radical (unpaired) electrons. The second kappa shape index (κ2) is 8.41. The molecule has 1 aliphatic heterocycles. The Morgan fingerprint density at radius 3 is 2.40 bits per heavy atom. The Morgan fingerprint density at radius 2 is 1.70 bits per heavy atom. The van der Waals surface area contributed by atoms with Gasteiger partial charge in [0, 0.05) is 33.0 Å². The summed E-state index contributed by atoms with van der Waals surface area (Å²) in [6, 6.07) is 18.6. The minimum absolute atomic E-state index is 0.129. The molecule has 1 aliphatic rings. The first-order valence-electron chi connectivity index (χ1n) is 9.32. The predicted octanol–water partition coefficient (Wildman–Crippen LogP) is 5.50. The van der Waals surface area contributed by atoms with Crippen molar-refractivity contribution >= 4 is 54.8 Å². The molecule has 1 heterocycles. The lowest BCUT2D eigenvalue weighted by molar-refractivity contribution is 0.0985. The van der Waals surface area contributed by atoms with Crippen molar-refractivity contribution in [1.29, 1.82) is 0 Å². The summed E-state index contributed by atoms with van der Waals surface area (Å²) in [6.07, 6.45) is 1.47. The van der Waals surface area contributed by atoms with Gasteiger partial charge in [-0.2, -0.15) is 0 Å². The largest absolute Gasteiger partial charge is 0.308 e. The average Bonchev–Trinajstić information content (AvgIpc) is 2.74. The number of nitrogens with zero attached hydrogens (tertiary/aromatic N) is 1. The van der Waals surface area contributed by atoms with Crippen molar-refractivity contribution in [2.45, 2.75) is 17.7 Å². The first-order chi connectivity index (χ1) is 14.3. The molecule has 0 saturated heterocycles. The molecule has 0 spiro atoms. The zero-order chi connectivity index (χ0) is 21.3. The van der Waals surface area contributed by atoms with E-state index in [4.69, 9.17) is 11.6 Å². The number of benzene rings is 3. The molecular formula is C22H18BrClN2O3S. The lowest BCUT2D eigenvalue weighted by atomic mass is 10.0. The van der Waals surface area contributed by atoms with Crippen molar-refractivity contribution in [2.75, 3.05) is 16.2 Å². The lowest BCUT2D eigenvalue weighted by Crippen LogP contribution is -2.35. The minimum Gasteiger partial charge on any atom is -0.308 e. The Hall–Kier alpha value is -2.35. The number of carbonyl (C=O) groups excluding carboxylic acids is 1. The molecule has 8 heteroatoms. The summed E-state index contributed by atoms with van der Waals surface area (Å²) in [5.41, 5.74) is 2.60. The van der Waals surface area contributed by atoms with Crippen LogP contribution in [0.3, 0.4) is 0 Å². The molecule has 1 N–H and O–H groups in total. The fourth-order valence-corrected chi connectivity index (χ4v) is 4.93. The van der Waals surface area contributed by atoms with Crippen LogP contribution in [0.2, 0.25) is 5.02 Å². The van der Waals surface area contributed by atoms with Crippen LogP contribution in [0.4, 0.5) is 11.4 Å². The summed E-state index contributed by atoms with van der Waals surface area (Å²) in [5, 5.41) is 0.568. The van der Waals surface area contributed by atoms with Crippen molar-refractivity contribution in [3.63, 3.8) is 0 Å². The maximum absolute atomic E-state index is 13.0. The van der Waals surface area contributed by atoms with Crippen LogP contribution in [0.1, 0.15) is 22.3 Å². The fraction of sp³-hybridized carbons (Fsp3) is 0.136. The van der Waals surface area contributed by atoms with E-state index in [0.29, 0.717) is 29.2 Å². The molecule has 0 saturated carbocycles. The lowest BCUT2D eigenvalue weighted by Gasteiger charge is -2.30. The number of amides is 1. The standard InChI is InChI=1S/C22H18BrClN2O3S/c23-17-5-9-19(10-6-17)25-30(28,29)20-11-12-21-16(14-20)2-1-13-26(21)22(27)15-3-7-18(24)8-4-15/h3-12,14,25H,1-2,13H2. The quantitative estimate of drug-likeness (QED) is 0.509. The molecule has 0 aliphatic carbocycles. The molecule has 30 heavy (non-hydrogen) atoms. The van der Waals surface area contributed by atoms with E-state index in [1.807, 2.05) is 0 Å². The van der Waals surface area contributed by atoms with Gasteiger partial charge in [0.25, 0.3) is 15.9 Å². The van der Waals surface area contributed by atoms with Crippen molar-refractivity contribution < 1.29 is 13.2 Å². The fourth-order valence-electron chi connectivity index (χ4n) is 3.43. The Bertz CT molecular complexity index is 1200. The van der Waals surface area contributed by atoms with Gasteiger partial charge in [-0.15, -0.1) is 0 Å². The van der Waals surface area contributed by atoms with Crippen LogP contribution < -0.4 is 9.62 Å². The molecule has 1 amide bonds. The highest BCUT2D eigenvalue weighted by molar-refractivity contribution is 9.10. The van der Waals surface area contributed by atoms with Crippen LogP contribution >= 0.6 is 27.5 Å². The van der Waals surface area contributed by atoms with Gasteiger partial charge in [0.15, 0.2) is 0 Å². The third-order valence-electron chi connectivity index (χ3n) is 4.91. The summed E-state index contributed by atoms with van der Waals surface area (Å²) < 4.78 is 29.1. The summed E-state index contributed by atoms with van der Waals surface area (Å²) in [4.78, 5) is 14.8. The van der Waals surface area contributed by atoms with Gasteiger partial charge in [0.1, 0.15) is 0 Å². The van der Waals surface area contributed by atoms with Gasteiger partial charge in [0.05, 0.1) is 4.90 Å². The highest BCUT2D eigenvalue weighted by atomic mass is 79.9. The van der Waals surface area contributed by atoms with E-state index in [1.165, 1.54) is 6.07 Å². The van der Waals surface area contributed by atoms with Crippen LogP contribution in [0.15, 0.2) is 76.1 Å². The minimum atomic E-state index is -3.74. The Labute approximate surface area is 188 Å². The zero-order valence-electron chi connectivity index (χ0n) is 15.8. The number of aryl methyl sites for hydroxylation is 1. The number of anilines is 2. The van der Waals surface area contributed by atoms with Gasteiger partial charge >= 0.3 is 0 Å². The summed E-state index contributed by atoms with van der Waals surface area (Å²) in [7, 11) is -3.74. The molecule has 3 aromatic rings. The molecule has 3 aromatic carbocycles. The van der Waals surface area contributed by atoms with Gasteiger partial charge in [-0.05, 0) is 85.1 Å². The summed E-state index contributed by atoms with van der Waals surface area (Å²) in [5.74, 6) is -0.129. The van der Waals surface area contributed by atoms with Crippen molar-refractivity contribution in [2.24, 2.45) is 0 Å². The van der Waals surface area contributed by atoms with Gasteiger partial charge in [0.2, 0.25) is 0 Å². The van der Waals surface area contributed by atoms with Gasteiger partial charge in [-0.3, -0.25) is 9.52 Å². The molecule has 0 aromatic heterocycles. The maximum Gasteiger partial charge on any atom is 0.261 e. The molecule has 0 fully saturated rings.